The van der Waals surface area contributed by atoms with Crippen LogP contribution >= 0.6 is 23.2 Å². The van der Waals surface area contributed by atoms with Gasteiger partial charge in [0.2, 0.25) is 10.0 Å². The van der Waals surface area contributed by atoms with Crippen LogP contribution in [0.4, 0.5) is 0 Å². The maximum atomic E-state index is 12.9. The number of carbonyl (C=O) groups excluding carboxylic acids is 1. The van der Waals surface area contributed by atoms with Crippen molar-refractivity contribution in [2.45, 2.75) is 25.3 Å². The molecular weight excluding hydrogens is 407 g/mol. The van der Waals surface area contributed by atoms with Gasteiger partial charge >= 0.3 is 0 Å². The predicted molar refractivity (Wildman–Crippen MR) is 109 cm³/mol. The van der Waals surface area contributed by atoms with Gasteiger partial charge in [-0.2, -0.15) is 4.31 Å². The van der Waals surface area contributed by atoms with E-state index in [2.05, 4.69) is 0 Å². The van der Waals surface area contributed by atoms with Crippen LogP contribution in [-0.2, 0) is 16.6 Å². The second-order valence-corrected chi connectivity index (χ2v) is 8.74. The Hall–Kier alpha value is -1.60. The first-order chi connectivity index (χ1) is 12.7. The molecule has 5 nitrogen and oxygen atoms in total. The molecule has 0 aliphatic carbocycles. The molecule has 0 saturated carbocycles. The number of hydrogen-bond acceptors (Lipinski definition) is 3. The van der Waals surface area contributed by atoms with Gasteiger partial charge in [0, 0.05) is 31.7 Å². The summed E-state index contributed by atoms with van der Waals surface area (Å²) in [6, 6.07) is 11.4. The molecule has 1 amide bonds. The second-order valence-electron chi connectivity index (χ2n) is 5.98. The van der Waals surface area contributed by atoms with Crippen LogP contribution in [0.15, 0.2) is 47.4 Å². The molecule has 0 aliphatic rings. The lowest BCUT2D eigenvalue weighted by molar-refractivity contribution is 0.0785. The highest BCUT2D eigenvalue weighted by molar-refractivity contribution is 7.89. The molecule has 0 spiro atoms. The summed E-state index contributed by atoms with van der Waals surface area (Å²) in [7, 11) is -2.06. The molecule has 0 saturated heterocycles. The number of amides is 1. The van der Waals surface area contributed by atoms with Gasteiger partial charge in [0.15, 0.2) is 0 Å². The normalized spacial score (nSPS) is 11.6. The molecule has 2 aromatic rings. The SMILES string of the molecule is CCN(CC)S(=O)(=O)c1ccc(Cl)c(C(=O)N(C)Cc2ccccc2Cl)c1. The Morgan fingerprint density at radius 1 is 1.00 bits per heavy atom. The molecule has 0 atom stereocenters. The summed E-state index contributed by atoms with van der Waals surface area (Å²) in [6.45, 7) is 4.50. The van der Waals surface area contributed by atoms with Crippen LogP contribution in [0.2, 0.25) is 10.0 Å². The Morgan fingerprint density at radius 2 is 1.63 bits per heavy atom. The molecule has 0 unspecified atom stereocenters. The van der Waals surface area contributed by atoms with E-state index in [-0.39, 0.29) is 27.9 Å². The quantitative estimate of drug-likeness (QED) is 0.660. The van der Waals surface area contributed by atoms with E-state index in [1.807, 2.05) is 18.2 Å². The van der Waals surface area contributed by atoms with Crippen molar-refractivity contribution in [1.82, 2.24) is 9.21 Å². The summed E-state index contributed by atoms with van der Waals surface area (Å²) >= 11 is 12.3. The molecule has 0 N–H and O–H groups in total. The van der Waals surface area contributed by atoms with Gasteiger partial charge in [-0.15, -0.1) is 0 Å². The lowest BCUT2D eigenvalue weighted by Crippen LogP contribution is -2.31. The molecule has 146 valence electrons. The van der Waals surface area contributed by atoms with Gasteiger partial charge in [-0.3, -0.25) is 4.79 Å². The fourth-order valence-electron chi connectivity index (χ4n) is 2.70. The van der Waals surface area contributed by atoms with E-state index in [9.17, 15) is 13.2 Å². The van der Waals surface area contributed by atoms with Gasteiger partial charge in [0.25, 0.3) is 5.91 Å². The number of rotatable bonds is 7. The van der Waals surface area contributed by atoms with Crippen LogP contribution in [0, 0.1) is 0 Å². The Morgan fingerprint density at radius 3 is 2.22 bits per heavy atom. The van der Waals surface area contributed by atoms with Gasteiger partial charge in [-0.1, -0.05) is 55.2 Å². The van der Waals surface area contributed by atoms with E-state index < -0.39 is 10.0 Å². The lowest BCUT2D eigenvalue weighted by atomic mass is 10.1. The monoisotopic (exact) mass is 428 g/mol. The molecule has 2 aromatic carbocycles. The van der Waals surface area contributed by atoms with E-state index in [4.69, 9.17) is 23.2 Å². The molecule has 0 fully saturated rings. The van der Waals surface area contributed by atoms with Crippen molar-refractivity contribution in [1.29, 1.82) is 0 Å². The van der Waals surface area contributed by atoms with Gasteiger partial charge in [0.1, 0.15) is 0 Å². The van der Waals surface area contributed by atoms with E-state index in [1.54, 1.807) is 27.0 Å². The summed E-state index contributed by atoms with van der Waals surface area (Å²) in [4.78, 5) is 14.4. The molecular formula is C19H22Cl2N2O3S. The van der Waals surface area contributed by atoms with Crippen LogP contribution in [-0.4, -0.2) is 43.7 Å². The maximum absolute atomic E-state index is 12.9. The lowest BCUT2D eigenvalue weighted by Gasteiger charge is -2.21. The van der Waals surface area contributed by atoms with Crippen molar-refractivity contribution in [3.8, 4) is 0 Å². The molecule has 0 heterocycles. The Labute approximate surface area is 170 Å². The first-order valence-electron chi connectivity index (χ1n) is 8.50. The highest BCUT2D eigenvalue weighted by Crippen LogP contribution is 2.25. The van der Waals surface area contributed by atoms with Crippen molar-refractivity contribution < 1.29 is 13.2 Å². The average Bonchev–Trinajstić information content (AvgIpc) is 2.64. The maximum Gasteiger partial charge on any atom is 0.255 e. The van der Waals surface area contributed by atoms with Crippen molar-refractivity contribution in [3.63, 3.8) is 0 Å². The average molecular weight is 429 g/mol. The third-order valence-electron chi connectivity index (χ3n) is 4.22. The van der Waals surface area contributed by atoms with Crippen molar-refractivity contribution in [3.05, 3.63) is 63.6 Å². The van der Waals surface area contributed by atoms with Crippen LogP contribution in [0.1, 0.15) is 29.8 Å². The molecule has 2 rings (SSSR count). The van der Waals surface area contributed by atoms with Crippen molar-refractivity contribution in [2.24, 2.45) is 0 Å². The Kier molecular flexibility index (Phi) is 7.28. The Balaban J connectivity index is 2.35. The highest BCUT2D eigenvalue weighted by Gasteiger charge is 2.25. The largest absolute Gasteiger partial charge is 0.337 e. The Bertz CT molecular complexity index is 928. The van der Waals surface area contributed by atoms with E-state index in [0.29, 0.717) is 18.1 Å². The number of sulfonamides is 1. The first kappa shape index (κ1) is 21.7. The third-order valence-corrected chi connectivity index (χ3v) is 6.97. The molecule has 0 aromatic heterocycles. The minimum atomic E-state index is -3.68. The topological polar surface area (TPSA) is 57.7 Å². The number of nitrogens with zero attached hydrogens (tertiary/aromatic N) is 2. The summed E-state index contributed by atoms with van der Waals surface area (Å²) in [5, 5.41) is 0.755. The summed E-state index contributed by atoms with van der Waals surface area (Å²) in [5.41, 5.74) is 0.928. The molecule has 0 bridgehead atoms. The molecule has 0 radical (unpaired) electrons. The van der Waals surface area contributed by atoms with Crippen LogP contribution in [0.3, 0.4) is 0 Å². The van der Waals surface area contributed by atoms with Crippen LogP contribution in [0.5, 0.6) is 0 Å². The number of carbonyl (C=O) groups is 1. The van der Waals surface area contributed by atoms with E-state index in [0.717, 1.165) is 5.56 Å². The van der Waals surface area contributed by atoms with Gasteiger partial charge in [-0.05, 0) is 29.8 Å². The smallest absolute Gasteiger partial charge is 0.255 e. The molecule has 27 heavy (non-hydrogen) atoms. The zero-order chi connectivity index (χ0) is 20.2. The first-order valence-corrected chi connectivity index (χ1v) is 10.7. The van der Waals surface area contributed by atoms with Gasteiger partial charge in [0.05, 0.1) is 15.5 Å². The summed E-state index contributed by atoms with van der Waals surface area (Å²) in [5.74, 6) is -0.378. The highest BCUT2D eigenvalue weighted by atomic mass is 35.5. The molecule has 0 aliphatic heterocycles. The molecule has 8 heteroatoms. The van der Waals surface area contributed by atoms with E-state index in [1.165, 1.54) is 27.4 Å². The predicted octanol–water partition coefficient (Wildman–Crippen LogP) is 4.30. The van der Waals surface area contributed by atoms with Crippen molar-refractivity contribution >= 4 is 39.1 Å². The second kappa shape index (κ2) is 9.06. The van der Waals surface area contributed by atoms with E-state index >= 15 is 0 Å². The van der Waals surface area contributed by atoms with Crippen LogP contribution < -0.4 is 0 Å². The van der Waals surface area contributed by atoms with Crippen LogP contribution in [0.25, 0.3) is 0 Å². The van der Waals surface area contributed by atoms with Gasteiger partial charge in [-0.25, -0.2) is 8.42 Å². The third kappa shape index (κ3) is 4.82. The fraction of sp³-hybridized carbons (Fsp3) is 0.316. The summed E-state index contributed by atoms with van der Waals surface area (Å²) in [6.07, 6.45) is 0. The number of hydrogen-bond donors (Lipinski definition) is 0. The zero-order valence-electron chi connectivity index (χ0n) is 15.4. The van der Waals surface area contributed by atoms with Gasteiger partial charge < -0.3 is 4.90 Å². The minimum absolute atomic E-state index is 0.0464. The minimum Gasteiger partial charge on any atom is -0.337 e. The van der Waals surface area contributed by atoms with Crippen molar-refractivity contribution in [2.75, 3.05) is 20.1 Å². The standard InChI is InChI=1S/C19H22Cl2N2O3S/c1-4-23(5-2)27(25,26)15-10-11-18(21)16(12-15)19(24)22(3)13-14-8-6-7-9-17(14)20/h6-12H,4-5,13H2,1-3H3. The fourth-order valence-corrected chi connectivity index (χ4v) is 4.58. The number of halogens is 2. The summed E-state index contributed by atoms with van der Waals surface area (Å²) < 4.78 is 26.8. The zero-order valence-corrected chi connectivity index (χ0v) is 17.8. The number of benzene rings is 2.